The molecule has 148 valence electrons. The maximum absolute atomic E-state index is 13.4. The van der Waals surface area contributed by atoms with Crippen LogP contribution >= 0.6 is 23.2 Å². The minimum Gasteiger partial charge on any atom is -0.334 e. The first-order valence-corrected chi connectivity index (χ1v) is 9.22. The number of benzene rings is 2. The van der Waals surface area contributed by atoms with Crippen LogP contribution in [0.3, 0.4) is 0 Å². The molecule has 1 aliphatic heterocycles. The van der Waals surface area contributed by atoms with Crippen LogP contribution in [-0.2, 0) is 16.9 Å². The summed E-state index contributed by atoms with van der Waals surface area (Å²) in [4.78, 5) is 30.6. The molecule has 0 spiro atoms. The molecule has 1 unspecified atom stereocenters. The first kappa shape index (κ1) is 19.4. The zero-order chi connectivity index (χ0) is 20.8. The van der Waals surface area contributed by atoms with Crippen molar-refractivity contribution in [3.63, 3.8) is 0 Å². The van der Waals surface area contributed by atoms with Crippen molar-refractivity contribution in [2.75, 3.05) is 0 Å². The van der Waals surface area contributed by atoms with Crippen molar-refractivity contribution in [2.24, 2.45) is 0 Å². The highest BCUT2D eigenvalue weighted by molar-refractivity contribution is 6.32. The summed E-state index contributed by atoms with van der Waals surface area (Å²) >= 11 is 12.0. The maximum atomic E-state index is 13.4. The van der Waals surface area contributed by atoms with E-state index in [4.69, 9.17) is 27.7 Å². The summed E-state index contributed by atoms with van der Waals surface area (Å²) in [6.07, 6.45) is 0. The molecule has 1 aromatic heterocycles. The highest BCUT2D eigenvalue weighted by Crippen LogP contribution is 2.34. The molecule has 0 radical (unpaired) electrons. The van der Waals surface area contributed by atoms with E-state index >= 15 is 0 Å². The number of hydrogen-bond donors (Lipinski definition) is 1. The number of amides is 3. The fourth-order valence-corrected chi connectivity index (χ4v) is 3.57. The molecule has 3 amide bonds. The molecule has 3 aromatic rings. The first-order valence-electron chi connectivity index (χ1n) is 8.46. The molecule has 0 aliphatic carbocycles. The molecular weight excluding hydrogens is 422 g/mol. The summed E-state index contributed by atoms with van der Waals surface area (Å²) in [7, 11) is 0. The van der Waals surface area contributed by atoms with E-state index < -0.39 is 23.3 Å². The molecule has 1 aliphatic rings. The lowest BCUT2D eigenvalue weighted by Gasteiger charge is -2.23. The van der Waals surface area contributed by atoms with Crippen molar-refractivity contribution in [1.82, 2.24) is 20.4 Å². The number of nitrogens with one attached hydrogen (secondary N) is 1. The van der Waals surface area contributed by atoms with E-state index in [0.717, 1.165) is 11.0 Å². The SMILES string of the molecule is CC1(c2ccc(F)cc2Cl)NC(=O)N(Cc2noc(-c3ccc(Cl)cc3)n2)C1=O. The molecule has 10 heteroatoms. The molecule has 1 atom stereocenters. The number of carbonyl (C=O) groups excluding carboxylic acids is 2. The molecule has 0 bridgehead atoms. The minimum absolute atomic E-state index is 0.0348. The fraction of sp³-hybridized carbons (Fsp3) is 0.158. The van der Waals surface area contributed by atoms with Crippen molar-refractivity contribution in [3.05, 3.63) is 69.7 Å². The van der Waals surface area contributed by atoms with Gasteiger partial charge in [-0.2, -0.15) is 4.98 Å². The topological polar surface area (TPSA) is 88.3 Å². The number of urea groups is 1. The average Bonchev–Trinajstić information content (AvgIpc) is 3.21. The molecule has 1 saturated heterocycles. The third-order valence-electron chi connectivity index (χ3n) is 4.60. The van der Waals surface area contributed by atoms with E-state index in [0.29, 0.717) is 10.6 Å². The van der Waals surface area contributed by atoms with Crippen LogP contribution in [0, 0.1) is 5.82 Å². The van der Waals surface area contributed by atoms with Gasteiger partial charge in [-0.25, -0.2) is 9.18 Å². The van der Waals surface area contributed by atoms with Gasteiger partial charge in [0.15, 0.2) is 5.82 Å². The Hall–Kier alpha value is -2.97. The Morgan fingerprint density at radius 2 is 1.90 bits per heavy atom. The van der Waals surface area contributed by atoms with Crippen molar-refractivity contribution >= 4 is 35.1 Å². The number of imide groups is 1. The Balaban J connectivity index is 1.58. The van der Waals surface area contributed by atoms with E-state index in [-0.39, 0.29) is 28.8 Å². The molecule has 2 heterocycles. The summed E-state index contributed by atoms with van der Waals surface area (Å²) in [5.41, 5.74) is -0.505. The van der Waals surface area contributed by atoms with Crippen LogP contribution in [0.4, 0.5) is 9.18 Å². The molecule has 1 N–H and O–H groups in total. The number of aromatic nitrogens is 2. The Morgan fingerprint density at radius 1 is 1.17 bits per heavy atom. The Labute approximate surface area is 174 Å². The van der Waals surface area contributed by atoms with Crippen LogP contribution < -0.4 is 5.32 Å². The predicted octanol–water partition coefficient (Wildman–Crippen LogP) is 4.15. The Morgan fingerprint density at radius 3 is 2.59 bits per heavy atom. The van der Waals surface area contributed by atoms with Crippen LogP contribution in [0.25, 0.3) is 11.5 Å². The monoisotopic (exact) mass is 434 g/mol. The van der Waals surface area contributed by atoms with E-state index in [9.17, 15) is 14.0 Å². The quantitative estimate of drug-likeness (QED) is 0.623. The van der Waals surface area contributed by atoms with E-state index in [1.54, 1.807) is 24.3 Å². The predicted molar refractivity (Wildman–Crippen MR) is 103 cm³/mol. The molecule has 0 saturated carbocycles. The first-order chi connectivity index (χ1) is 13.8. The van der Waals surface area contributed by atoms with Crippen LogP contribution in [0.2, 0.25) is 10.0 Å². The van der Waals surface area contributed by atoms with E-state index in [1.807, 2.05) is 0 Å². The van der Waals surface area contributed by atoms with Crippen LogP contribution in [0.1, 0.15) is 18.3 Å². The maximum Gasteiger partial charge on any atom is 0.325 e. The normalized spacial score (nSPS) is 19.0. The van der Waals surface area contributed by atoms with Crippen LogP contribution in [0.5, 0.6) is 0 Å². The van der Waals surface area contributed by atoms with Gasteiger partial charge in [-0.3, -0.25) is 9.69 Å². The molecule has 1 fully saturated rings. The average molecular weight is 435 g/mol. The van der Waals surface area contributed by atoms with Crippen molar-refractivity contribution in [1.29, 1.82) is 0 Å². The third kappa shape index (κ3) is 3.45. The second-order valence-corrected chi connectivity index (χ2v) is 7.44. The second-order valence-electron chi connectivity index (χ2n) is 6.59. The summed E-state index contributed by atoms with van der Waals surface area (Å²) in [6.45, 7) is 1.30. The molecule has 2 aromatic carbocycles. The summed E-state index contributed by atoms with van der Waals surface area (Å²) in [5.74, 6) is -0.729. The van der Waals surface area contributed by atoms with Gasteiger partial charge < -0.3 is 9.84 Å². The zero-order valence-electron chi connectivity index (χ0n) is 14.9. The second kappa shape index (κ2) is 7.13. The smallest absolute Gasteiger partial charge is 0.325 e. The van der Waals surface area contributed by atoms with Crippen molar-refractivity contribution < 1.29 is 18.5 Å². The molecular formula is C19H13Cl2FN4O3. The van der Waals surface area contributed by atoms with Gasteiger partial charge in [0, 0.05) is 21.2 Å². The lowest BCUT2D eigenvalue weighted by atomic mass is 9.92. The number of hydrogen-bond acceptors (Lipinski definition) is 5. The van der Waals surface area contributed by atoms with Gasteiger partial charge in [-0.05, 0) is 43.3 Å². The minimum atomic E-state index is -1.44. The Kier molecular flexibility index (Phi) is 4.76. The largest absolute Gasteiger partial charge is 0.334 e. The van der Waals surface area contributed by atoms with Gasteiger partial charge in [0.25, 0.3) is 11.8 Å². The van der Waals surface area contributed by atoms with Crippen molar-refractivity contribution in [3.8, 4) is 11.5 Å². The van der Waals surface area contributed by atoms with Crippen LogP contribution in [-0.4, -0.2) is 27.0 Å². The highest BCUT2D eigenvalue weighted by Gasteiger charge is 2.50. The third-order valence-corrected chi connectivity index (χ3v) is 5.17. The Bertz CT molecular complexity index is 1120. The molecule has 4 rings (SSSR count). The number of rotatable bonds is 4. The number of nitrogens with zero attached hydrogens (tertiary/aromatic N) is 3. The van der Waals surface area contributed by atoms with Gasteiger partial charge in [0.1, 0.15) is 11.4 Å². The van der Waals surface area contributed by atoms with E-state index in [2.05, 4.69) is 15.5 Å². The summed E-state index contributed by atoms with van der Waals surface area (Å²) in [5, 5.41) is 7.03. The van der Waals surface area contributed by atoms with Crippen molar-refractivity contribution in [2.45, 2.75) is 19.0 Å². The fourth-order valence-electron chi connectivity index (χ4n) is 3.09. The van der Waals surface area contributed by atoms with E-state index in [1.165, 1.54) is 19.1 Å². The lowest BCUT2D eigenvalue weighted by Crippen LogP contribution is -2.41. The zero-order valence-corrected chi connectivity index (χ0v) is 16.5. The van der Waals surface area contributed by atoms with Gasteiger partial charge in [-0.1, -0.05) is 34.4 Å². The molecule has 7 nitrogen and oxygen atoms in total. The van der Waals surface area contributed by atoms with Gasteiger partial charge >= 0.3 is 6.03 Å². The summed E-state index contributed by atoms with van der Waals surface area (Å²) in [6, 6.07) is 9.75. The number of carbonyl (C=O) groups is 2. The van der Waals surface area contributed by atoms with Gasteiger partial charge in [0.05, 0.1) is 6.54 Å². The standard InChI is InChI=1S/C19H13Cl2FN4O3/c1-19(13-7-6-12(22)8-14(13)21)17(27)26(18(28)24-19)9-15-23-16(29-25-15)10-2-4-11(20)5-3-10/h2-8H,9H2,1H3,(H,24,28). The summed E-state index contributed by atoms with van der Waals surface area (Å²) < 4.78 is 18.6. The molecule has 29 heavy (non-hydrogen) atoms. The van der Waals surface area contributed by atoms with Crippen LogP contribution in [0.15, 0.2) is 47.0 Å². The number of halogens is 3. The van der Waals surface area contributed by atoms with Gasteiger partial charge in [0.2, 0.25) is 0 Å². The highest BCUT2D eigenvalue weighted by atomic mass is 35.5. The van der Waals surface area contributed by atoms with Gasteiger partial charge in [-0.15, -0.1) is 0 Å². The lowest BCUT2D eigenvalue weighted by molar-refractivity contribution is -0.131.